The third kappa shape index (κ3) is 2.66. The van der Waals surface area contributed by atoms with E-state index in [9.17, 15) is 4.79 Å². The van der Waals surface area contributed by atoms with Crippen LogP contribution in [0.3, 0.4) is 0 Å². The molecule has 1 amide bonds. The van der Waals surface area contributed by atoms with E-state index in [4.69, 9.17) is 9.40 Å². The van der Waals surface area contributed by atoms with Crippen LogP contribution in [-0.2, 0) is 12.8 Å². The zero-order valence-corrected chi connectivity index (χ0v) is 15.3. The van der Waals surface area contributed by atoms with Gasteiger partial charge >= 0.3 is 0 Å². The van der Waals surface area contributed by atoms with Crippen molar-refractivity contribution in [2.45, 2.75) is 64.3 Å². The molecule has 0 aliphatic heterocycles. The molecule has 2 aromatic heterocycles. The van der Waals surface area contributed by atoms with Crippen LogP contribution in [0.25, 0.3) is 0 Å². The maximum atomic E-state index is 13.0. The lowest BCUT2D eigenvalue weighted by Crippen LogP contribution is -2.33. The van der Waals surface area contributed by atoms with E-state index in [0.717, 1.165) is 44.4 Å². The molecule has 1 atom stereocenters. The van der Waals surface area contributed by atoms with Gasteiger partial charge in [-0.15, -0.1) is 11.3 Å². The van der Waals surface area contributed by atoms with E-state index in [1.54, 1.807) is 11.3 Å². The Kier molecular flexibility index (Phi) is 3.95. The predicted molar refractivity (Wildman–Crippen MR) is 92.5 cm³/mol. The number of carbonyl (C=O) groups is 1. The van der Waals surface area contributed by atoms with Gasteiger partial charge in [0.15, 0.2) is 5.89 Å². The quantitative estimate of drug-likeness (QED) is 0.839. The van der Waals surface area contributed by atoms with Gasteiger partial charge in [-0.1, -0.05) is 6.92 Å². The number of hydrogen-bond donors (Lipinski definition) is 0. The second kappa shape index (κ2) is 5.99. The molecule has 0 radical (unpaired) electrons. The van der Waals surface area contributed by atoms with Gasteiger partial charge in [-0.3, -0.25) is 4.79 Å². The Hall–Kier alpha value is -1.69. The highest BCUT2D eigenvalue weighted by atomic mass is 32.1. The number of fused-ring (bicyclic) bond motifs is 1. The highest BCUT2D eigenvalue weighted by Crippen LogP contribution is 2.41. The first-order valence-electron chi connectivity index (χ1n) is 8.81. The maximum Gasteiger partial charge on any atom is 0.291 e. The van der Waals surface area contributed by atoms with Crippen LogP contribution in [0.2, 0.25) is 0 Å². The van der Waals surface area contributed by atoms with Crippen LogP contribution in [0.4, 0.5) is 0 Å². The molecule has 128 valence electrons. The Morgan fingerprint density at radius 2 is 2.12 bits per heavy atom. The molecule has 6 heteroatoms. The molecule has 2 aromatic rings. The first kappa shape index (κ1) is 15.8. The number of carbonyl (C=O) groups excluding carboxylic acids is 1. The fourth-order valence-electron chi connectivity index (χ4n) is 3.39. The highest BCUT2D eigenvalue weighted by Gasteiger charge is 2.35. The largest absolute Gasteiger partial charge is 0.435 e. The standard InChI is InChI=1S/C18H23N3O2S/c1-4-14-20-12-6-5-7-13(16(12)24-14)21(3)18(22)15-10(2)19-17(23-15)11-8-9-11/h11,13H,4-9H2,1-3H3/t13-/m0/s1. The molecule has 1 fully saturated rings. The third-order valence-electron chi connectivity index (χ3n) is 4.99. The van der Waals surface area contributed by atoms with Gasteiger partial charge in [0, 0.05) is 13.0 Å². The van der Waals surface area contributed by atoms with Gasteiger partial charge in [0.2, 0.25) is 5.76 Å². The molecular formula is C18H23N3O2S. The van der Waals surface area contributed by atoms with E-state index in [1.807, 2.05) is 18.9 Å². The molecule has 2 aliphatic carbocycles. The normalized spacial score (nSPS) is 20.0. The molecule has 0 unspecified atom stereocenters. The fourth-order valence-corrected chi connectivity index (χ4v) is 4.62. The molecule has 0 saturated heterocycles. The molecule has 0 N–H and O–H groups in total. The molecule has 24 heavy (non-hydrogen) atoms. The Bertz CT molecular complexity index is 775. The lowest BCUT2D eigenvalue weighted by molar-refractivity contribution is 0.0682. The highest BCUT2D eigenvalue weighted by molar-refractivity contribution is 7.11. The molecule has 0 spiro atoms. The van der Waals surface area contributed by atoms with Gasteiger partial charge in [0.1, 0.15) is 0 Å². The lowest BCUT2D eigenvalue weighted by Gasteiger charge is -2.30. The summed E-state index contributed by atoms with van der Waals surface area (Å²) in [7, 11) is 1.88. The van der Waals surface area contributed by atoms with Gasteiger partial charge in [0.25, 0.3) is 5.91 Å². The van der Waals surface area contributed by atoms with Crippen LogP contribution in [-0.4, -0.2) is 27.8 Å². The fraction of sp³-hybridized carbons (Fsp3) is 0.611. The van der Waals surface area contributed by atoms with Crippen LogP contribution in [0.1, 0.15) is 82.3 Å². The first-order chi connectivity index (χ1) is 11.6. The van der Waals surface area contributed by atoms with Crippen molar-refractivity contribution in [1.82, 2.24) is 14.9 Å². The molecule has 0 bridgehead atoms. The topological polar surface area (TPSA) is 59.2 Å². The van der Waals surface area contributed by atoms with E-state index in [1.165, 1.54) is 15.6 Å². The van der Waals surface area contributed by atoms with E-state index in [0.29, 0.717) is 17.4 Å². The SMILES string of the molecule is CCc1nc2c(s1)[C@@H](N(C)C(=O)c1oc(C3CC3)nc1C)CCC2. The zero-order chi connectivity index (χ0) is 16.8. The number of nitrogens with zero attached hydrogens (tertiary/aromatic N) is 3. The van der Waals surface area contributed by atoms with Gasteiger partial charge in [-0.25, -0.2) is 9.97 Å². The number of oxazole rings is 1. The molecule has 2 heterocycles. The zero-order valence-electron chi connectivity index (χ0n) is 14.5. The van der Waals surface area contributed by atoms with Gasteiger partial charge < -0.3 is 9.32 Å². The number of aryl methyl sites for hydroxylation is 3. The van der Waals surface area contributed by atoms with Crippen molar-refractivity contribution in [2.75, 3.05) is 7.05 Å². The molecular weight excluding hydrogens is 322 g/mol. The van der Waals surface area contributed by atoms with Crippen LogP contribution in [0.5, 0.6) is 0 Å². The maximum absolute atomic E-state index is 13.0. The summed E-state index contributed by atoms with van der Waals surface area (Å²) in [5.74, 6) is 1.51. The minimum absolute atomic E-state index is 0.0591. The van der Waals surface area contributed by atoms with Crippen molar-refractivity contribution in [1.29, 1.82) is 0 Å². The third-order valence-corrected chi connectivity index (χ3v) is 6.33. The molecule has 0 aromatic carbocycles. The van der Waals surface area contributed by atoms with Crippen LogP contribution < -0.4 is 0 Å². The number of amides is 1. The molecule has 5 nitrogen and oxygen atoms in total. The minimum Gasteiger partial charge on any atom is -0.435 e. The Morgan fingerprint density at radius 3 is 2.83 bits per heavy atom. The van der Waals surface area contributed by atoms with E-state index in [2.05, 4.69) is 11.9 Å². The van der Waals surface area contributed by atoms with Gasteiger partial charge in [-0.05, 0) is 45.4 Å². The second-order valence-electron chi connectivity index (χ2n) is 6.84. The van der Waals surface area contributed by atoms with Crippen LogP contribution >= 0.6 is 11.3 Å². The number of rotatable bonds is 4. The smallest absolute Gasteiger partial charge is 0.291 e. The summed E-state index contributed by atoms with van der Waals surface area (Å²) in [6.07, 6.45) is 6.28. The summed E-state index contributed by atoms with van der Waals surface area (Å²) in [6, 6.07) is 0.105. The summed E-state index contributed by atoms with van der Waals surface area (Å²) in [5, 5.41) is 1.17. The van der Waals surface area contributed by atoms with Crippen molar-refractivity contribution in [2.24, 2.45) is 0 Å². The number of aromatic nitrogens is 2. The average Bonchev–Trinajstić information content (AvgIpc) is 3.23. The Balaban J connectivity index is 1.60. The Morgan fingerprint density at radius 1 is 1.33 bits per heavy atom. The van der Waals surface area contributed by atoms with Crippen molar-refractivity contribution >= 4 is 17.2 Å². The average molecular weight is 345 g/mol. The first-order valence-corrected chi connectivity index (χ1v) is 9.63. The molecule has 1 saturated carbocycles. The van der Waals surface area contributed by atoms with E-state index < -0.39 is 0 Å². The predicted octanol–water partition coefficient (Wildman–Crippen LogP) is 4.03. The van der Waals surface area contributed by atoms with Crippen LogP contribution in [0, 0.1) is 6.92 Å². The lowest BCUT2D eigenvalue weighted by atomic mass is 9.97. The number of thiazole rings is 1. The summed E-state index contributed by atoms with van der Waals surface area (Å²) in [4.78, 5) is 25.3. The minimum atomic E-state index is -0.0591. The Labute approximate surface area is 146 Å². The summed E-state index contributed by atoms with van der Waals surface area (Å²) >= 11 is 1.76. The molecule has 4 rings (SSSR count). The van der Waals surface area contributed by atoms with Gasteiger partial charge in [-0.2, -0.15) is 0 Å². The monoisotopic (exact) mass is 345 g/mol. The summed E-state index contributed by atoms with van der Waals surface area (Å²) < 4.78 is 5.81. The van der Waals surface area contributed by atoms with E-state index in [-0.39, 0.29) is 11.9 Å². The summed E-state index contributed by atoms with van der Waals surface area (Å²) in [6.45, 7) is 4.00. The van der Waals surface area contributed by atoms with Crippen molar-refractivity contribution < 1.29 is 9.21 Å². The van der Waals surface area contributed by atoms with E-state index >= 15 is 0 Å². The van der Waals surface area contributed by atoms with Crippen molar-refractivity contribution in [3.8, 4) is 0 Å². The molecule has 2 aliphatic rings. The van der Waals surface area contributed by atoms with Crippen molar-refractivity contribution in [3.05, 3.63) is 32.9 Å². The number of hydrogen-bond acceptors (Lipinski definition) is 5. The summed E-state index contributed by atoms with van der Waals surface area (Å²) in [5.41, 5.74) is 1.89. The van der Waals surface area contributed by atoms with Crippen LogP contribution in [0.15, 0.2) is 4.42 Å². The van der Waals surface area contributed by atoms with Crippen molar-refractivity contribution in [3.63, 3.8) is 0 Å². The van der Waals surface area contributed by atoms with Gasteiger partial charge in [0.05, 0.1) is 27.3 Å². The second-order valence-corrected chi connectivity index (χ2v) is 7.95.